The Labute approximate surface area is 101 Å². The summed E-state index contributed by atoms with van der Waals surface area (Å²) in [5.41, 5.74) is 1.23. The Kier molecular flexibility index (Phi) is 4.19. The van der Waals surface area contributed by atoms with E-state index in [4.69, 9.17) is 11.6 Å². The van der Waals surface area contributed by atoms with E-state index in [0.29, 0.717) is 12.1 Å². The third-order valence-corrected chi connectivity index (χ3v) is 2.39. The number of aromatic hydroxyl groups is 1. The van der Waals surface area contributed by atoms with Crippen molar-refractivity contribution < 1.29 is 9.90 Å². The van der Waals surface area contributed by atoms with Gasteiger partial charge in [0.25, 0.3) is 5.91 Å². The second-order valence-corrected chi connectivity index (χ2v) is 4.73. The molecule has 0 aliphatic carbocycles. The van der Waals surface area contributed by atoms with E-state index in [0.717, 1.165) is 5.56 Å². The van der Waals surface area contributed by atoms with Crippen LogP contribution in [0.2, 0.25) is 0 Å². The van der Waals surface area contributed by atoms with Crippen LogP contribution in [0.15, 0.2) is 18.2 Å². The van der Waals surface area contributed by atoms with E-state index in [1.54, 1.807) is 25.2 Å². The first-order valence-corrected chi connectivity index (χ1v) is 5.54. The van der Waals surface area contributed by atoms with Crippen LogP contribution in [0.4, 0.5) is 0 Å². The number of alkyl halides is 1. The molecule has 0 aliphatic rings. The number of halogens is 1. The fourth-order valence-electron chi connectivity index (χ4n) is 1.49. The molecule has 1 unspecified atom stereocenters. The van der Waals surface area contributed by atoms with Crippen LogP contribution in [0.25, 0.3) is 0 Å². The highest BCUT2D eigenvalue weighted by molar-refractivity contribution is 6.20. The minimum absolute atomic E-state index is 0.0130. The zero-order valence-corrected chi connectivity index (χ0v) is 10.5. The van der Waals surface area contributed by atoms with Crippen molar-refractivity contribution in [2.24, 2.45) is 0 Å². The zero-order valence-electron chi connectivity index (χ0n) is 9.70. The number of carbonyl (C=O) groups excluding carboxylic acids is 1. The van der Waals surface area contributed by atoms with Crippen LogP contribution < -0.4 is 0 Å². The summed E-state index contributed by atoms with van der Waals surface area (Å²) in [5, 5.41) is 9.55. The maximum absolute atomic E-state index is 11.9. The van der Waals surface area contributed by atoms with Crippen LogP contribution >= 0.6 is 11.6 Å². The Morgan fingerprint density at radius 1 is 1.56 bits per heavy atom. The van der Waals surface area contributed by atoms with E-state index >= 15 is 0 Å². The lowest BCUT2D eigenvalue weighted by atomic mass is 10.1. The highest BCUT2D eigenvalue weighted by atomic mass is 35.5. The normalized spacial score (nSPS) is 12.2. The summed E-state index contributed by atoms with van der Waals surface area (Å²) < 4.78 is 0. The Hall–Kier alpha value is -1.22. The molecule has 3 nitrogen and oxygen atoms in total. The molecule has 1 atom stereocenters. The molecule has 1 aromatic rings. The number of hydrogen-bond donors (Lipinski definition) is 1. The lowest BCUT2D eigenvalue weighted by Gasteiger charge is -2.19. The molecule has 0 saturated carbocycles. The first-order valence-electron chi connectivity index (χ1n) is 5.11. The minimum atomic E-state index is -0.218. The zero-order chi connectivity index (χ0) is 12.3. The van der Waals surface area contributed by atoms with Crippen LogP contribution in [0, 0.1) is 6.92 Å². The number of carbonyl (C=O) groups is 1. The van der Waals surface area contributed by atoms with Crippen molar-refractivity contribution in [2.75, 3.05) is 13.6 Å². The average molecular weight is 242 g/mol. The molecule has 0 radical (unpaired) electrons. The largest absolute Gasteiger partial charge is 0.507 e. The SMILES string of the molecule is Cc1ccc(C(=O)N(C)CC(C)Cl)c(O)c1. The highest BCUT2D eigenvalue weighted by Crippen LogP contribution is 2.20. The first kappa shape index (κ1) is 12.8. The van der Waals surface area contributed by atoms with Crippen LogP contribution in [0.5, 0.6) is 5.75 Å². The second kappa shape index (κ2) is 5.21. The summed E-state index contributed by atoms with van der Waals surface area (Å²) in [6.07, 6.45) is 0. The van der Waals surface area contributed by atoms with Gasteiger partial charge in [-0.15, -0.1) is 11.6 Å². The number of rotatable bonds is 3. The van der Waals surface area contributed by atoms with Crippen LogP contribution in [0.1, 0.15) is 22.8 Å². The number of aryl methyl sites for hydroxylation is 1. The van der Waals surface area contributed by atoms with E-state index in [1.807, 2.05) is 13.8 Å². The minimum Gasteiger partial charge on any atom is -0.507 e. The maximum atomic E-state index is 11.9. The van der Waals surface area contributed by atoms with Crippen LogP contribution in [-0.4, -0.2) is 34.9 Å². The van der Waals surface area contributed by atoms with Gasteiger partial charge in [0.05, 0.1) is 5.56 Å². The summed E-state index contributed by atoms with van der Waals surface area (Å²) >= 11 is 5.81. The Bertz CT molecular complexity index is 391. The molecular formula is C12H16ClNO2. The third kappa shape index (κ3) is 3.14. The predicted molar refractivity (Wildman–Crippen MR) is 65.1 cm³/mol. The van der Waals surface area contributed by atoms with Crippen LogP contribution in [-0.2, 0) is 0 Å². The van der Waals surface area contributed by atoms with Crippen molar-refractivity contribution in [1.29, 1.82) is 0 Å². The number of benzene rings is 1. The number of amides is 1. The molecule has 0 aromatic heterocycles. The fourth-order valence-corrected chi connectivity index (χ4v) is 1.70. The van der Waals surface area contributed by atoms with E-state index < -0.39 is 0 Å². The molecule has 0 bridgehead atoms. The molecule has 0 aliphatic heterocycles. The summed E-state index contributed by atoms with van der Waals surface area (Å²) in [5.74, 6) is -0.205. The van der Waals surface area contributed by atoms with Crippen molar-refractivity contribution in [3.63, 3.8) is 0 Å². The smallest absolute Gasteiger partial charge is 0.257 e. The molecule has 0 spiro atoms. The van der Waals surface area contributed by atoms with Gasteiger partial charge in [0, 0.05) is 19.0 Å². The van der Waals surface area contributed by atoms with E-state index in [1.165, 1.54) is 4.90 Å². The van der Waals surface area contributed by atoms with Gasteiger partial charge in [-0.1, -0.05) is 6.07 Å². The highest BCUT2D eigenvalue weighted by Gasteiger charge is 2.16. The number of phenols is 1. The summed E-state index contributed by atoms with van der Waals surface area (Å²) in [4.78, 5) is 13.4. The van der Waals surface area contributed by atoms with Gasteiger partial charge in [-0.25, -0.2) is 0 Å². The molecule has 16 heavy (non-hydrogen) atoms. The lowest BCUT2D eigenvalue weighted by Crippen LogP contribution is -2.31. The number of phenolic OH excluding ortho intramolecular Hbond substituents is 1. The van der Waals surface area contributed by atoms with Crippen molar-refractivity contribution in [3.8, 4) is 5.75 Å². The molecule has 1 amide bonds. The summed E-state index contributed by atoms with van der Waals surface area (Å²) in [6, 6.07) is 5.00. The topological polar surface area (TPSA) is 40.5 Å². The Morgan fingerprint density at radius 2 is 2.19 bits per heavy atom. The molecule has 0 saturated heterocycles. The van der Waals surface area contributed by atoms with Gasteiger partial charge in [0.15, 0.2) is 0 Å². The van der Waals surface area contributed by atoms with Crippen molar-refractivity contribution in [1.82, 2.24) is 4.90 Å². The van der Waals surface area contributed by atoms with Gasteiger partial charge < -0.3 is 10.0 Å². The molecule has 1 N–H and O–H groups in total. The van der Waals surface area contributed by atoms with Crippen molar-refractivity contribution >= 4 is 17.5 Å². The molecule has 0 fully saturated rings. The standard InChI is InChI=1S/C12H16ClNO2/c1-8-4-5-10(11(15)6-8)12(16)14(3)7-9(2)13/h4-6,9,15H,7H2,1-3H3. The van der Waals surface area contributed by atoms with Gasteiger partial charge in [-0.3, -0.25) is 4.79 Å². The molecule has 1 rings (SSSR count). The molecule has 4 heteroatoms. The van der Waals surface area contributed by atoms with Gasteiger partial charge in [-0.2, -0.15) is 0 Å². The van der Waals surface area contributed by atoms with Gasteiger partial charge in [0.2, 0.25) is 0 Å². The Balaban J connectivity index is 2.88. The lowest BCUT2D eigenvalue weighted by molar-refractivity contribution is 0.0793. The van der Waals surface area contributed by atoms with Crippen molar-refractivity contribution in [2.45, 2.75) is 19.2 Å². The molecule has 1 aromatic carbocycles. The second-order valence-electron chi connectivity index (χ2n) is 3.99. The fraction of sp³-hybridized carbons (Fsp3) is 0.417. The monoisotopic (exact) mass is 241 g/mol. The van der Waals surface area contributed by atoms with Gasteiger partial charge in [0.1, 0.15) is 5.75 Å². The molecular weight excluding hydrogens is 226 g/mol. The summed E-state index contributed by atoms with van der Waals surface area (Å²) in [6.45, 7) is 4.13. The molecule has 0 heterocycles. The van der Waals surface area contributed by atoms with Crippen LogP contribution in [0.3, 0.4) is 0 Å². The number of hydrogen-bond acceptors (Lipinski definition) is 2. The quantitative estimate of drug-likeness (QED) is 0.826. The Morgan fingerprint density at radius 3 is 2.69 bits per heavy atom. The van der Waals surface area contributed by atoms with E-state index in [2.05, 4.69) is 0 Å². The molecule has 88 valence electrons. The summed E-state index contributed by atoms with van der Waals surface area (Å²) in [7, 11) is 1.67. The third-order valence-electron chi connectivity index (χ3n) is 2.26. The number of nitrogens with zero attached hydrogens (tertiary/aromatic N) is 1. The average Bonchev–Trinajstić information content (AvgIpc) is 2.15. The predicted octanol–water partition coefficient (Wildman–Crippen LogP) is 2.40. The van der Waals surface area contributed by atoms with Gasteiger partial charge >= 0.3 is 0 Å². The van der Waals surface area contributed by atoms with Gasteiger partial charge in [-0.05, 0) is 31.5 Å². The van der Waals surface area contributed by atoms with Crippen molar-refractivity contribution in [3.05, 3.63) is 29.3 Å². The van der Waals surface area contributed by atoms with E-state index in [-0.39, 0.29) is 17.0 Å². The first-order chi connectivity index (χ1) is 7.41. The van der Waals surface area contributed by atoms with E-state index in [9.17, 15) is 9.90 Å². The maximum Gasteiger partial charge on any atom is 0.257 e.